The van der Waals surface area contributed by atoms with E-state index >= 15 is 0 Å². The first-order valence-corrected chi connectivity index (χ1v) is 7.73. The largest absolute Gasteiger partial charge is 0.488 e. The Morgan fingerprint density at radius 2 is 2.26 bits per heavy atom. The molecule has 0 aromatic carbocycles. The molecule has 1 amide bonds. The summed E-state index contributed by atoms with van der Waals surface area (Å²) >= 11 is 0. The summed E-state index contributed by atoms with van der Waals surface area (Å²) < 4.78 is 11.3. The zero-order valence-corrected chi connectivity index (χ0v) is 14.1. The van der Waals surface area contributed by atoms with Gasteiger partial charge < -0.3 is 9.47 Å². The van der Waals surface area contributed by atoms with E-state index in [0.717, 1.165) is 12.8 Å². The minimum absolute atomic E-state index is 0.298. The highest BCUT2D eigenvalue weighted by atomic mass is 16.6. The Balaban J connectivity index is 2.08. The summed E-state index contributed by atoms with van der Waals surface area (Å²) in [7, 11) is 0. The molecule has 1 aromatic heterocycles. The van der Waals surface area contributed by atoms with Gasteiger partial charge >= 0.3 is 6.09 Å². The minimum Gasteiger partial charge on any atom is -0.488 e. The number of rotatable bonds is 3. The van der Waals surface area contributed by atoms with Crippen LogP contribution in [-0.4, -0.2) is 40.3 Å². The van der Waals surface area contributed by atoms with Crippen LogP contribution in [0.5, 0.6) is 5.75 Å². The normalized spacial score (nSPS) is 20.9. The molecule has 1 saturated heterocycles. The summed E-state index contributed by atoms with van der Waals surface area (Å²) in [5, 5.41) is 9.10. The molecule has 6 nitrogen and oxygen atoms in total. The molecule has 2 heterocycles. The predicted molar refractivity (Wildman–Crippen MR) is 85.0 cm³/mol. The van der Waals surface area contributed by atoms with Crippen LogP contribution >= 0.6 is 0 Å². The highest BCUT2D eigenvalue weighted by molar-refractivity contribution is 5.69. The summed E-state index contributed by atoms with van der Waals surface area (Å²) in [6.45, 7) is 8.48. The third-order valence-electron chi connectivity index (χ3n) is 3.81. The summed E-state index contributed by atoms with van der Waals surface area (Å²) in [5.74, 6) is 0.437. The van der Waals surface area contributed by atoms with E-state index < -0.39 is 11.1 Å². The molecule has 1 aliphatic rings. The van der Waals surface area contributed by atoms with Gasteiger partial charge in [-0.15, -0.1) is 0 Å². The van der Waals surface area contributed by atoms with E-state index in [9.17, 15) is 4.79 Å². The average molecular weight is 317 g/mol. The molecule has 0 radical (unpaired) electrons. The topological polar surface area (TPSA) is 75.4 Å². The van der Waals surface area contributed by atoms with Gasteiger partial charge in [-0.05, 0) is 46.6 Å². The fraction of sp³-hybridized carbons (Fsp3) is 0.588. The molecule has 124 valence electrons. The van der Waals surface area contributed by atoms with E-state index in [1.807, 2.05) is 27.7 Å². The zero-order chi connectivity index (χ0) is 17.1. The van der Waals surface area contributed by atoms with Gasteiger partial charge in [-0.1, -0.05) is 0 Å². The number of ether oxygens (including phenoxy) is 2. The molecule has 0 spiro atoms. The van der Waals surface area contributed by atoms with Crippen molar-refractivity contribution in [3.63, 3.8) is 0 Å². The molecular formula is C17H23N3O3. The van der Waals surface area contributed by atoms with Gasteiger partial charge in [0, 0.05) is 12.7 Å². The Labute approximate surface area is 137 Å². The van der Waals surface area contributed by atoms with Crippen molar-refractivity contribution >= 4 is 6.09 Å². The lowest BCUT2D eigenvalue weighted by molar-refractivity contribution is 0.00236. The second-order valence-corrected chi connectivity index (χ2v) is 7.00. The highest BCUT2D eigenvalue weighted by Crippen LogP contribution is 2.31. The smallest absolute Gasteiger partial charge is 0.410 e. The molecule has 6 heteroatoms. The molecule has 0 saturated carbocycles. The fourth-order valence-corrected chi connectivity index (χ4v) is 2.62. The maximum Gasteiger partial charge on any atom is 0.410 e. The van der Waals surface area contributed by atoms with Crippen LogP contribution in [-0.2, 0) is 4.74 Å². The van der Waals surface area contributed by atoms with Crippen LogP contribution in [0.25, 0.3) is 0 Å². The molecule has 1 aliphatic heterocycles. The number of carbonyl (C=O) groups is 1. The second kappa shape index (κ2) is 6.45. The lowest BCUT2D eigenvalue weighted by Crippen LogP contribution is -2.50. The number of aromatic nitrogens is 1. The summed E-state index contributed by atoms with van der Waals surface area (Å²) in [4.78, 5) is 18.1. The molecule has 0 bridgehead atoms. The second-order valence-electron chi connectivity index (χ2n) is 7.00. The highest BCUT2D eigenvalue weighted by Gasteiger charge is 2.42. The molecular weight excluding hydrogens is 294 g/mol. The first-order valence-electron chi connectivity index (χ1n) is 7.73. The van der Waals surface area contributed by atoms with Crippen molar-refractivity contribution in [3.05, 3.63) is 24.0 Å². The van der Waals surface area contributed by atoms with Crippen LogP contribution < -0.4 is 4.74 Å². The van der Waals surface area contributed by atoms with Gasteiger partial charge in [0.25, 0.3) is 0 Å². The van der Waals surface area contributed by atoms with Crippen molar-refractivity contribution in [1.29, 1.82) is 5.26 Å². The summed E-state index contributed by atoms with van der Waals surface area (Å²) in [6.07, 6.45) is 4.48. The zero-order valence-electron chi connectivity index (χ0n) is 14.1. The minimum atomic E-state index is -0.529. The summed E-state index contributed by atoms with van der Waals surface area (Å²) in [5.41, 5.74) is -0.547. The van der Waals surface area contributed by atoms with Gasteiger partial charge in [-0.25, -0.2) is 4.79 Å². The van der Waals surface area contributed by atoms with Crippen molar-refractivity contribution in [2.24, 2.45) is 0 Å². The third-order valence-corrected chi connectivity index (χ3v) is 3.81. The van der Waals surface area contributed by atoms with Gasteiger partial charge in [0.15, 0.2) is 5.75 Å². The van der Waals surface area contributed by atoms with Crippen molar-refractivity contribution in [3.8, 4) is 11.8 Å². The van der Waals surface area contributed by atoms with E-state index in [4.69, 9.17) is 14.7 Å². The predicted octanol–water partition coefficient (Wildman–Crippen LogP) is 3.12. The van der Waals surface area contributed by atoms with E-state index in [0.29, 0.717) is 24.5 Å². The number of amides is 1. The molecule has 0 aliphatic carbocycles. The first-order chi connectivity index (χ1) is 10.7. The SMILES string of the molecule is CC(C)(C)OC(=O)N1CCC[C@@]1(C)COc1cnccc1C#N. The monoisotopic (exact) mass is 317 g/mol. The number of nitriles is 1. The lowest BCUT2D eigenvalue weighted by atomic mass is 10.0. The molecule has 0 N–H and O–H groups in total. The Morgan fingerprint density at radius 3 is 2.91 bits per heavy atom. The van der Waals surface area contributed by atoms with Gasteiger partial charge in [0.05, 0.1) is 17.3 Å². The van der Waals surface area contributed by atoms with Crippen molar-refractivity contribution < 1.29 is 14.3 Å². The van der Waals surface area contributed by atoms with Crippen molar-refractivity contribution in [1.82, 2.24) is 9.88 Å². The van der Waals surface area contributed by atoms with Crippen molar-refractivity contribution in [2.75, 3.05) is 13.2 Å². The Morgan fingerprint density at radius 1 is 1.52 bits per heavy atom. The van der Waals surface area contributed by atoms with Crippen molar-refractivity contribution in [2.45, 2.75) is 51.7 Å². The van der Waals surface area contributed by atoms with Gasteiger partial charge in [-0.2, -0.15) is 5.26 Å². The van der Waals surface area contributed by atoms with Crippen LogP contribution in [0.1, 0.15) is 46.1 Å². The summed E-state index contributed by atoms with van der Waals surface area (Å²) in [6, 6.07) is 3.69. The number of pyridine rings is 1. The Kier molecular flexibility index (Phi) is 4.79. The maximum atomic E-state index is 12.4. The quantitative estimate of drug-likeness (QED) is 0.856. The Hall–Kier alpha value is -2.29. The average Bonchev–Trinajstić information content (AvgIpc) is 2.86. The molecule has 2 rings (SSSR count). The van der Waals surface area contributed by atoms with Crippen LogP contribution in [0, 0.1) is 11.3 Å². The van der Waals surface area contributed by atoms with Gasteiger partial charge in [0.1, 0.15) is 18.3 Å². The van der Waals surface area contributed by atoms with Gasteiger partial charge in [0.2, 0.25) is 0 Å². The van der Waals surface area contributed by atoms with E-state index in [-0.39, 0.29) is 6.09 Å². The lowest BCUT2D eigenvalue weighted by Gasteiger charge is -2.36. The van der Waals surface area contributed by atoms with Crippen LogP contribution in [0.3, 0.4) is 0 Å². The number of hydrogen-bond acceptors (Lipinski definition) is 5. The van der Waals surface area contributed by atoms with Crippen LogP contribution in [0.15, 0.2) is 18.5 Å². The molecule has 1 fully saturated rings. The third kappa shape index (κ3) is 4.13. The van der Waals surface area contributed by atoms with Crippen LogP contribution in [0.2, 0.25) is 0 Å². The molecule has 23 heavy (non-hydrogen) atoms. The van der Waals surface area contributed by atoms with Gasteiger partial charge in [-0.3, -0.25) is 9.88 Å². The molecule has 1 aromatic rings. The first kappa shape index (κ1) is 17.1. The standard InChI is InChI=1S/C17H23N3O3/c1-16(2,3)23-15(21)20-9-5-7-17(20,4)12-22-14-11-19-8-6-13(14)10-18/h6,8,11H,5,7,9,12H2,1-4H3/t17-/m0/s1. The Bertz CT molecular complexity index is 618. The number of carbonyl (C=O) groups excluding carboxylic acids is 1. The maximum absolute atomic E-state index is 12.4. The fourth-order valence-electron chi connectivity index (χ4n) is 2.62. The number of nitrogens with zero attached hydrogens (tertiary/aromatic N) is 3. The van der Waals surface area contributed by atoms with E-state index in [1.54, 1.807) is 17.2 Å². The van der Waals surface area contributed by atoms with Crippen LogP contribution in [0.4, 0.5) is 4.79 Å². The molecule has 1 atom stereocenters. The number of likely N-dealkylation sites (tertiary alicyclic amines) is 1. The molecule has 0 unspecified atom stereocenters. The van der Waals surface area contributed by atoms with E-state index in [2.05, 4.69) is 11.1 Å². The number of hydrogen-bond donors (Lipinski definition) is 0. The van der Waals surface area contributed by atoms with E-state index in [1.165, 1.54) is 6.20 Å².